The van der Waals surface area contributed by atoms with E-state index in [1.54, 1.807) is 32.3 Å². The summed E-state index contributed by atoms with van der Waals surface area (Å²) in [5.74, 6) is 0.479. The van der Waals surface area contributed by atoms with E-state index in [9.17, 15) is 9.59 Å². The second-order valence-electron chi connectivity index (χ2n) is 7.35. The van der Waals surface area contributed by atoms with Gasteiger partial charge in [0.25, 0.3) is 5.91 Å². The number of hydrogen-bond donors (Lipinski definition) is 0. The van der Waals surface area contributed by atoms with Gasteiger partial charge in [0, 0.05) is 20.5 Å². The van der Waals surface area contributed by atoms with Crippen LogP contribution in [0.2, 0.25) is 0 Å². The average Bonchev–Trinajstić information content (AvgIpc) is 3.31. The van der Waals surface area contributed by atoms with Crippen molar-refractivity contribution >= 4 is 17.5 Å². The zero-order chi connectivity index (χ0) is 20.3. The SMILES string of the molecule is Cc1ccc(C2=NN(C(=O)CN(C)CC(=O)N(C)C)[C@@H](c3ccco3)C2)cc1. The number of hydrogen-bond acceptors (Lipinski definition) is 5. The highest BCUT2D eigenvalue weighted by Crippen LogP contribution is 2.33. The van der Waals surface area contributed by atoms with Crippen LogP contribution >= 0.6 is 0 Å². The molecule has 0 saturated carbocycles. The van der Waals surface area contributed by atoms with Crippen molar-refractivity contribution in [2.45, 2.75) is 19.4 Å². The lowest BCUT2D eigenvalue weighted by Gasteiger charge is -2.23. The number of benzene rings is 1. The first-order valence-corrected chi connectivity index (χ1v) is 9.24. The molecule has 1 aromatic carbocycles. The number of likely N-dealkylation sites (N-methyl/N-ethyl adjacent to an activating group) is 2. The summed E-state index contributed by atoms with van der Waals surface area (Å²) in [5, 5.41) is 6.10. The van der Waals surface area contributed by atoms with Crippen molar-refractivity contribution in [1.82, 2.24) is 14.8 Å². The van der Waals surface area contributed by atoms with E-state index in [0.29, 0.717) is 12.2 Å². The van der Waals surface area contributed by atoms with E-state index in [0.717, 1.165) is 11.3 Å². The molecule has 0 unspecified atom stereocenters. The fourth-order valence-corrected chi connectivity index (χ4v) is 3.09. The van der Waals surface area contributed by atoms with Crippen molar-refractivity contribution in [3.8, 4) is 0 Å². The van der Waals surface area contributed by atoms with Crippen LogP contribution in [-0.2, 0) is 9.59 Å². The van der Waals surface area contributed by atoms with Gasteiger partial charge < -0.3 is 9.32 Å². The van der Waals surface area contributed by atoms with Gasteiger partial charge in [0.05, 0.1) is 25.1 Å². The van der Waals surface area contributed by atoms with Crippen molar-refractivity contribution in [1.29, 1.82) is 0 Å². The van der Waals surface area contributed by atoms with Crippen LogP contribution in [0.3, 0.4) is 0 Å². The van der Waals surface area contributed by atoms with E-state index in [2.05, 4.69) is 5.10 Å². The van der Waals surface area contributed by atoms with Gasteiger partial charge in [-0.25, -0.2) is 5.01 Å². The van der Waals surface area contributed by atoms with Crippen LogP contribution in [-0.4, -0.2) is 66.6 Å². The molecule has 2 heterocycles. The van der Waals surface area contributed by atoms with Crippen LogP contribution in [0.4, 0.5) is 0 Å². The third-order valence-corrected chi connectivity index (χ3v) is 4.73. The number of amides is 2. The molecule has 0 fully saturated rings. The lowest BCUT2D eigenvalue weighted by molar-refractivity contribution is -0.135. The Kier molecular flexibility index (Phi) is 5.94. The van der Waals surface area contributed by atoms with Crippen LogP contribution in [0.5, 0.6) is 0 Å². The predicted octanol–water partition coefficient (Wildman–Crippen LogP) is 2.29. The quantitative estimate of drug-likeness (QED) is 0.769. The maximum Gasteiger partial charge on any atom is 0.257 e. The first-order valence-electron chi connectivity index (χ1n) is 9.24. The van der Waals surface area contributed by atoms with Crippen molar-refractivity contribution < 1.29 is 14.0 Å². The molecular weight excluding hydrogens is 356 g/mol. The Morgan fingerprint density at radius 1 is 1.14 bits per heavy atom. The number of nitrogens with zero attached hydrogens (tertiary/aromatic N) is 4. The molecular formula is C21H26N4O3. The molecule has 0 radical (unpaired) electrons. The van der Waals surface area contributed by atoms with Gasteiger partial charge in [0.1, 0.15) is 11.8 Å². The lowest BCUT2D eigenvalue weighted by Crippen LogP contribution is -2.41. The molecule has 1 aromatic heterocycles. The molecule has 28 heavy (non-hydrogen) atoms. The minimum Gasteiger partial charge on any atom is -0.467 e. The highest BCUT2D eigenvalue weighted by atomic mass is 16.3. The van der Waals surface area contributed by atoms with Gasteiger partial charge in [-0.05, 0) is 31.7 Å². The average molecular weight is 382 g/mol. The first kappa shape index (κ1) is 19.8. The Bertz CT molecular complexity index is 856. The second-order valence-corrected chi connectivity index (χ2v) is 7.35. The Labute approximate surface area is 165 Å². The van der Waals surface area contributed by atoms with Gasteiger partial charge in [-0.1, -0.05) is 29.8 Å². The van der Waals surface area contributed by atoms with Crippen molar-refractivity contribution in [2.75, 3.05) is 34.2 Å². The molecule has 0 aliphatic carbocycles. The van der Waals surface area contributed by atoms with Crippen molar-refractivity contribution in [2.24, 2.45) is 5.10 Å². The van der Waals surface area contributed by atoms with E-state index in [4.69, 9.17) is 4.42 Å². The fraction of sp³-hybridized carbons (Fsp3) is 0.381. The molecule has 7 heteroatoms. The van der Waals surface area contributed by atoms with Crippen LogP contribution in [0.15, 0.2) is 52.2 Å². The van der Waals surface area contributed by atoms with Gasteiger partial charge in [0.15, 0.2) is 0 Å². The summed E-state index contributed by atoms with van der Waals surface area (Å²) in [7, 11) is 5.15. The molecule has 1 atom stereocenters. The smallest absolute Gasteiger partial charge is 0.257 e. The predicted molar refractivity (Wildman–Crippen MR) is 107 cm³/mol. The van der Waals surface area contributed by atoms with E-state index in [1.807, 2.05) is 43.3 Å². The maximum absolute atomic E-state index is 13.0. The molecule has 7 nitrogen and oxygen atoms in total. The molecule has 0 saturated heterocycles. The summed E-state index contributed by atoms with van der Waals surface area (Å²) in [6, 6.07) is 11.5. The zero-order valence-corrected chi connectivity index (χ0v) is 16.8. The summed E-state index contributed by atoms with van der Waals surface area (Å²) in [6.45, 7) is 2.31. The topological polar surface area (TPSA) is 69.4 Å². The summed E-state index contributed by atoms with van der Waals surface area (Å²) in [6.07, 6.45) is 2.19. The summed E-state index contributed by atoms with van der Waals surface area (Å²) < 4.78 is 5.56. The molecule has 3 rings (SSSR count). The van der Waals surface area contributed by atoms with Crippen LogP contribution in [0.25, 0.3) is 0 Å². The third-order valence-electron chi connectivity index (χ3n) is 4.73. The minimum absolute atomic E-state index is 0.0526. The highest BCUT2D eigenvalue weighted by Gasteiger charge is 2.35. The minimum atomic E-state index is -0.281. The second kappa shape index (κ2) is 8.39. The molecule has 1 aliphatic rings. The fourth-order valence-electron chi connectivity index (χ4n) is 3.09. The van der Waals surface area contributed by atoms with Gasteiger partial charge in [-0.3, -0.25) is 14.5 Å². The molecule has 0 N–H and O–H groups in total. The summed E-state index contributed by atoms with van der Waals surface area (Å²) >= 11 is 0. The standard InChI is InChI=1S/C21H26N4O3/c1-15-7-9-16(10-8-15)17-12-18(19-6-5-11-28-19)25(22-17)21(27)14-24(4)13-20(26)23(2)3/h5-11,18H,12-14H2,1-4H3/t18-/m1/s1. The Morgan fingerprint density at radius 3 is 2.46 bits per heavy atom. The monoisotopic (exact) mass is 382 g/mol. The maximum atomic E-state index is 13.0. The van der Waals surface area contributed by atoms with Crippen LogP contribution in [0.1, 0.15) is 29.3 Å². The van der Waals surface area contributed by atoms with Gasteiger partial charge in [0.2, 0.25) is 5.91 Å². The molecule has 0 spiro atoms. The van der Waals surface area contributed by atoms with Gasteiger partial charge in [-0.15, -0.1) is 0 Å². The number of carbonyl (C=O) groups is 2. The van der Waals surface area contributed by atoms with E-state index in [1.165, 1.54) is 15.5 Å². The van der Waals surface area contributed by atoms with E-state index >= 15 is 0 Å². The largest absolute Gasteiger partial charge is 0.467 e. The number of aryl methyl sites for hydroxylation is 1. The molecule has 1 aliphatic heterocycles. The molecule has 148 valence electrons. The molecule has 2 aromatic rings. The first-order chi connectivity index (χ1) is 13.3. The molecule has 0 bridgehead atoms. The van der Waals surface area contributed by atoms with Crippen LogP contribution in [0, 0.1) is 6.92 Å². The number of hydrazone groups is 1. The highest BCUT2D eigenvalue weighted by molar-refractivity contribution is 6.03. The number of rotatable bonds is 6. The lowest BCUT2D eigenvalue weighted by atomic mass is 10.0. The van der Waals surface area contributed by atoms with Gasteiger partial charge in [-0.2, -0.15) is 5.10 Å². The van der Waals surface area contributed by atoms with E-state index < -0.39 is 0 Å². The van der Waals surface area contributed by atoms with Crippen molar-refractivity contribution in [3.63, 3.8) is 0 Å². The third kappa shape index (κ3) is 4.48. The normalized spacial score (nSPS) is 16.4. The zero-order valence-electron chi connectivity index (χ0n) is 16.8. The van der Waals surface area contributed by atoms with Crippen LogP contribution < -0.4 is 0 Å². The Balaban J connectivity index is 1.78. The number of carbonyl (C=O) groups excluding carboxylic acids is 2. The summed E-state index contributed by atoms with van der Waals surface area (Å²) in [4.78, 5) is 28.1. The Morgan fingerprint density at radius 2 is 1.86 bits per heavy atom. The summed E-state index contributed by atoms with van der Waals surface area (Å²) in [5.41, 5.74) is 3.01. The van der Waals surface area contributed by atoms with Gasteiger partial charge >= 0.3 is 0 Å². The van der Waals surface area contributed by atoms with Crippen molar-refractivity contribution in [3.05, 3.63) is 59.5 Å². The Hall–Kier alpha value is -2.93. The number of furan rings is 1. The van der Waals surface area contributed by atoms with E-state index in [-0.39, 0.29) is 30.9 Å². The molecule has 2 amide bonds.